The van der Waals surface area contributed by atoms with Crippen molar-refractivity contribution < 1.29 is 27.5 Å². The third-order valence-corrected chi connectivity index (χ3v) is 4.33. The number of aldehydes is 1. The van der Waals surface area contributed by atoms with Gasteiger partial charge in [-0.05, 0) is 48.1 Å². The van der Waals surface area contributed by atoms with Gasteiger partial charge in [-0.3, -0.25) is 4.79 Å². The van der Waals surface area contributed by atoms with Crippen LogP contribution in [-0.2, 0) is 6.42 Å². The van der Waals surface area contributed by atoms with Crippen LogP contribution in [0.4, 0.5) is 17.6 Å². The van der Waals surface area contributed by atoms with Crippen LogP contribution in [0.5, 0.6) is 0 Å². The third-order valence-electron chi connectivity index (χ3n) is 4.33. The lowest BCUT2D eigenvalue weighted by Crippen LogP contribution is -2.19. The number of aliphatic hydroxyl groups excluding tert-OH is 1. The molecule has 152 valence electrons. The number of halogens is 4. The van der Waals surface area contributed by atoms with E-state index >= 15 is 0 Å². The van der Waals surface area contributed by atoms with E-state index in [0.717, 1.165) is 25.0 Å². The largest absolute Gasteiger partial charge is 0.400 e. The maximum absolute atomic E-state index is 13.7. The molecule has 0 aromatic heterocycles. The van der Waals surface area contributed by atoms with Crippen LogP contribution in [0.3, 0.4) is 0 Å². The molecule has 0 saturated heterocycles. The van der Waals surface area contributed by atoms with Crippen LogP contribution >= 0.6 is 0 Å². The summed E-state index contributed by atoms with van der Waals surface area (Å²) >= 11 is 0. The van der Waals surface area contributed by atoms with Crippen LogP contribution in [0.25, 0.3) is 6.08 Å². The second-order valence-corrected chi connectivity index (χ2v) is 6.28. The fraction of sp³-hybridized carbons (Fsp3) is 0.318. The molecule has 2 aromatic rings. The standard InChI is InChI=1S/C21H20F4O.CH4O/c1-4-16-11-15(5-7-17(16)12-26)6-8-19(21(23,24)25)18-9-13(2)20(22)14(3)10-18;1-2/h5-12,19H,4H2,1-3H3;2H,1H3/b8-6+;. The Balaban J connectivity index is 0.00000190. The van der Waals surface area contributed by atoms with Crippen LogP contribution in [0.1, 0.15) is 51.0 Å². The van der Waals surface area contributed by atoms with Gasteiger partial charge in [0.05, 0.1) is 5.92 Å². The van der Waals surface area contributed by atoms with Crippen molar-refractivity contribution in [1.29, 1.82) is 0 Å². The zero-order valence-corrected chi connectivity index (χ0v) is 16.3. The van der Waals surface area contributed by atoms with Crippen molar-refractivity contribution in [3.8, 4) is 0 Å². The predicted molar refractivity (Wildman–Crippen MR) is 103 cm³/mol. The van der Waals surface area contributed by atoms with E-state index in [1.54, 1.807) is 18.2 Å². The summed E-state index contributed by atoms with van der Waals surface area (Å²) in [7, 11) is 1.00. The van der Waals surface area contributed by atoms with Gasteiger partial charge in [0.15, 0.2) is 0 Å². The number of aliphatic hydroxyl groups is 1. The van der Waals surface area contributed by atoms with Crippen LogP contribution in [-0.4, -0.2) is 24.7 Å². The van der Waals surface area contributed by atoms with E-state index in [4.69, 9.17) is 5.11 Å². The molecule has 0 spiro atoms. The first-order chi connectivity index (χ1) is 13.2. The predicted octanol–water partition coefficient (Wildman–Crippen LogP) is 5.79. The normalized spacial score (nSPS) is 12.5. The van der Waals surface area contributed by atoms with Crippen molar-refractivity contribution in [2.24, 2.45) is 0 Å². The second kappa shape index (κ2) is 10.2. The number of aryl methyl sites for hydroxylation is 3. The molecule has 0 heterocycles. The number of carbonyl (C=O) groups is 1. The fourth-order valence-corrected chi connectivity index (χ4v) is 2.93. The van der Waals surface area contributed by atoms with Crippen molar-refractivity contribution >= 4 is 12.4 Å². The van der Waals surface area contributed by atoms with Gasteiger partial charge in [0.2, 0.25) is 0 Å². The minimum atomic E-state index is -4.50. The zero-order valence-electron chi connectivity index (χ0n) is 16.3. The number of rotatable bonds is 5. The highest BCUT2D eigenvalue weighted by molar-refractivity contribution is 5.78. The molecular weight excluding hydrogens is 372 g/mol. The van der Waals surface area contributed by atoms with Gasteiger partial charge in [0, 0.05) is 12.7 Å². The highest BCUT2D eigenvalue weighted by atomic mass is 19.4. The Kier molecular flexibility index (Phi) is 8.57. The molecule has 1 unspecified atom stereocenters. The van der Waals surface area contributed by atoms with Crippen molar-refractivity contribution in [3.63, 3.8) is 0 Å². The van der Waals surface area contributed by atoms with Crippen molar-refractivity contribution in [3.05, 3.63) is 75.6 Å². The van der Waals surface area contributed by atoms with Gasteiger partial charge in [-0.1, -0.05) is 49.4 Å². The molecule has 28 heavy (non-hydrogen) atoms. The molecule has 1 N–H and O–H groups in total. The molecule has 1 atom stereocenters. The zero-order chi connectivity index (χ0) is 21.5. The smallest absolute Gasteiger partial charge is 0.399 e. The highest BCUT2D eigenvalue weighted by Gasteiger charge is 2.39. The maximum Gasteiger partial charge on any atom is 0.399 e. The molecule has 2 rings (SSSR count). The lowest BCUT2D eigenvalue weighted by Gasteiger charge is -2.19. The Labute approximate surface area is 162 Å². The average Bonchev–Trinajstić information content (AvgIpc) is 2.66. The monoisotopic (exact) mass is 396 g/mol. The minimum Gasteiger partial charge on any atom is -0.400 e. The molecular formula is C22H24F4O2. The van der Waals surface area contributed by atoms with Gasteiger partial charge in [0.25, 0.3) is 0 Å². The Morgan fingerprint density at radius 2 is 1.64 bits per heavy atom. The summed E-state index contributed by atoms with van der Waals surface area (Å²) in [4.78, 5) is 11.0. The topological polar surface area (TPSA) is 37.3 Å². The van der Waals surface area contributed by atoms with E-state index < -0.39 is 17.9 Å². The van der Waals surface area contributed by atoms with Gasteiger partial charge >= 0.3 is 6.18 Å². The van der Waals surface area contributed by atoms with E-state index in [9.17, 15) is 22.4 Å². The summed E-state index contributed by atoms with van der Waals surface area (Å²) in [5.41, 5.74) is 2.26. The van der Waals surface area contributed by atoms with Crippen LogP contribution in [0, 0.1) is 19.7 Å². The number of allylic oxidation sites excluding steroid dienone is 1. The first-order valence-electron chi connectivity index (χ1n) is 8.71. The number of hydrogen-bond acceptors (Lipinski definition) is 2. The Bertz CT molecular complexity index is 816. The van der Waals surface area contributed by atoms with Crippen LogP contribution < -0.4 is 0 Å². The molecule has 0 fully saturated rings. The number of hydrogen-bond donors (Lipinski definition) is 1. The summed E-state index contributed by atoms with van der Waals surface area (Å²) in [6.07, 6.45) is -0.700. The second-order valence-electron chi connectivity index (χ2n) is 6.28. The molecule has 0 aliphatic rings. The van der Waals surface area contributed by atoms with Crippen molar-refractivity contribution in [2.75, 3.05) is 7.11 Å². The number of benzene rings is 2. The van der Waals surface area contributed by atoms with Gasteiger partial charge < -0.3 is 5.11 Å². The summed E-state index contributed by atoms with van der Waals surface area (Å²) in [6.45, 7) is 4.78. The lowest BCUT2D eigenvalue weighted by molar-refractivity contribution is -0.139. The van der Waals surface area contributed by atoms with Gasteiger partial charge in [0.1, 0.15) is 12.1 Å². The molecule has 0 saturated carbocycles. The van der Waals surface area contributed by atoms with E-state index in [-0.39, 0.29) is 16.7 Å². The SMILES string of the molecule is CCc1cc(/C=C/C(c2cc(C)c(F)c(C)c2)C(F)(F)F)ccc1C=O.CO. The molecule has 6 heteroatoms. The quantitative estimate of drug-likeness (QED) is 0.513. The van der Waals surface area contributed by atoms with Gasteiger partial charge in [-0.2, -0.15) is 13.2 Å². The van der Waals surface area contributed by atoms with E-state index in [2.05, 4.69) is 0 Å². The number of alkyl halides is 3. The Morgan fingerprint density at radius 3 is 2.11 bits per heavy atom. The Morgan fingerprint density at radius 1 is 1.07 bits per heavy atom. The maximum atomic E-state index is 13.7. The van der Waals surface area contributed by atoms with Crippen molar-refractivity contribution in [2.45, 2.75) is 39.3 Å². The van der Waals surface area contributed by atoms with E-state index in [1.165, 1.54) is 32.1 Å². The van der Waals surface area contributed by atoms with Crippen LogP contribution in [0.15, 0.2) is 36.4 Å². The Hall–Kier alpha value is -2.47. The summed E-state index contributed by atoms with van der Waals surface area (Å²) in [6, 6.07) is 7.37. The molecule has 0 amide bonds. The van der Waals surface area contributed by atoms with E-state index in [0.29, 0.717) is 17.5 Å². The first-order valence-corrected chi connectivity index (χ1v) is 8.71. The fourth-order valence-electron chi connectivity index (χ4n) is 2.93. The molecule has 0 aliphatic carbocycles. The lowest BCUT2D eigenvalue weighted by atomic mass is 9.93. The van der Waals surface area contributed by atoms with Crippen LogP contribution in [0.2, 0.25) is 0 Å². The molecule has 0 aliphatic heterocycles. The molecule has 0 bridgehead atoms. The van der Waals surface area contributed by atoms with Gasteiger partial charge in [-0.25, -0.2) is 4.39 Å². The van der Waals surface area contributed by atoms with Gasteiger partial charge in [-0.15, -0.1) is 0 Å². The third kappa shape index (κ3) is 5.76. The molecule has 2 nitrogen and oxygen atoms in total. The average molecular weight is 396 g/mol. The van der Waals surface area contributed by atoms with E-state index in [1.807, 2.05) is 6.92 Å². The van der Waals surface area contributed by atoms with Crippen molar-refractivity contribution in [1.82, 2.24) is 0 Å². The highest BCUT2D eigenvalue weighted by Crippen LogP contribution is 2.37. The molecule has 0 radical (unpaired) electrons. The molecule has 2 aromatic carbocycles. The summed E-state index contributed by atoms with van der Waals surface area (Å²) in [5.74, 6) is -2.33. The number of carbonyl (C=O) groups excluding carboxylic acids is 1. The first kappa shape index (κ1) is 23.6. The summed E-state index contributed by atoms with van der Waals surface area (Å²) < 4.78 is 54.4. The summed E-state index contributed by atoms with van der Waals surface area (Å²) in [5, 5.41) is 7.00. The minimum absolute atomic E-state index is 0.00498.